The normalized spacial score (nSPS) is 17.4. The van der Waals surface area contributed by atoms with Crippen LogP contribution >= 0.6 is 0 Å². The summed E-state index contributed by atoms with van der Waals surface area (Å²) in [7, 11) is 0. The maximum atomic E-state index is 5.96. The summed E-state index contributed by atoms with van der Waals surface area (Å²) in [4.78, 5) is 0. The monoisotopic (exact) mass is 276 g/mol. The van der Waals surface area contributed by atoms with Crippen molar-refractivity contribution in [2.75, 3.05) is 17.6 Å². The number of nitrogens with one attached hydrogen (secondary N) is 1. The quantitative estimate of drug-likeness (QED) is 0.755. The highest BCUT2D eigenvalue weighted by Gasteiger charge is 2.31. The molecule has 0 unspecified atom stereocenters. The van der Waals surface area contributed by atoms with Crippen LogP contribution < -0.4 is 15.8 Å². The van der Waals surface area contributed by atoms with Crippen molar-refractivity contribution in [3.63, 3.8) is 0 Å². The highest BCUT2D eigenvalue weighted by molar-refractivity contribution is 5.59. The van der Waals surface area contributed by atoms with Crippen LogP contribution in [0.4, 0.5) is 11.4 Å². The van der Waals surface area contributed by atoms with Crippen molar-refractivity contribution in [1.29, 1.82) is 0 Å². The van der Waals surface area contributed by atoms with Gasteiger partial charge < -0.3 is 15.8 Å². The van der Waals surface area contributed by atoms with Gasteiger partial charge in [-0.1, -0.05) is 19.8 Å². The molecule has 1 fully saturated rings. The van der Waals surface area contributed by atoms with Crippen molar-refractivity contribution in [2.24, 2.45) is 5.41 Å². The molecule has 1 aliphatic rings. The maximum Gasteiger partial charge on any atom is 0.123 e. The number of rotatable bonds is 6. The molecule has 3 nitrogen and oxygen atoms in total. The average molecular weight is 276 g/mol. The van der Waals surface area contributed by atoms with Crippen molar-refractivity contribution >= 4 is 11.4 Å². The third kappa shape index (κ3) is 3.81. The van der Waals surface area contributed by atoms with Crippen molar-refractivity contribution in [1.82, 2.24) is 0 Å². The number of hydrogen-bond donors (Lipinski definition) is 2. The molecular weight excluding hydrogens is 248 g/mol. The van der Waals surface area contributed by atoms with Crippen molar-refractivity contribution in [3.8, 4) is 5.75 Å². The first-order chi connectivity index (χ1) is 9.53. The maximum absolute atomic E-state index is 5.96. The van der Waals surface area contributed by atoms with E-state index in [0.717, 1.165) is 23.7 Å². The van der Waals surface area contributed by atoms with Crippen LogP contribution in [0.1, 0.15) is 52.9 Å². The molecule has 2 rings (SSSR count). The Balaban J connectivity index is 2.03. The smallest absolute Gasteiger partial charge is 0.123 e. The second kappa shape index (κ2) is 6.38. The summed E-state index contributed by atoms with van der Waals surface area (Å²) in [5.74, 6) is 0.847. The van der Waals surface area contributed by atoms with Gasteiger partial charge in [0.1, 0.15) is 5.75 Å². The number of nitrogen functional groups attached to an aromatic ring is 1. The van der Waals surface area contributed by atoms with E-state index in [1.54, 1.807) is 0 Å². The van der Waals surface area contributed by atoms with Crippen LogP contribution in [0.2, 0.25) is 0 Å². The van der Waals surface area contributed by atoms with E-state index in [-0.39, 0.29) is 6.10 Å². The fourth-order valence-electron chi connectivity index (χ4n) is 3.13. The minimum absolute atomic E-state index is 0.168. The van der Waals surface area contributed by atoms with E-state index < -0.39 is 0 Å². The minimum Gasteiger partial charge on any atom is -0.491 e. The Morgan fingerprint density at radius 3 is 2.55 bits per heavy atom. The van der Waals surface area contributed by atoms with Gasteiger partial charge in [-0.3, -0.25) is 0 Å². The summed E-state index contributed by atoms with van der Waals surface area (Å²) in [6.07, 6.45) is 6.84. The van der Waals surface area contributed by atoms with Crippen LogP contribution in [0, 0.1) is 5.41 Å². The van der Waals surface area contributed by atoms with E-state index in [0.29, 0.717) is 5.41 Å². The number of anilines is 2. The molecule has 3 N–H and O–H groups in total. The molecule has 0 aromatic heterocycles. The summed E-state index contributed by atoms with van der Waals surface area (Å²) in [6.45, 7) is 7.40. The SMILES string of the molecule is CCC1(CNc2cc(N)cc(OC(C)C)c2)CCCC1. The Hall–Kier alpha value is -1.38. The van der Waals surface area contributed by atoms with Crippen LogP contribution in [-0.4, -0.2) is 12.6 Å². The fourth-order valence-corrected chi connectivity index (χ4v) is 3.13. The van der Waals surface area contributed by atoms with E-state index in [1.807, 2.05) is 26.0 Å². The van der Waals surface area contributed by atoms with Gasteiger partial charge in [0.05, 0.1) is 6.10 Å². The lowest BCUT2D eigenvalue weighted by atomic mass is 9.83. The van der Waals surface area contributed by atoms with Crippen LogP contribution in [0.15, 0.2) is 18.2 Å². The number of hydrogen-bond acceptors (Lipinski definition) is 3. The predicted molar refractivity (Wildman–Crippen MR) is 86.3 cm³/mol. The highest BCUT2D eigenvalue weighted by atomic mass is 16.5. The number of nitrogens with two attached hydrogens (primary N) is 1. The molecular formula is C17H28N2O. The van der Waals surface area contributed by atoms with Gasteiger partial charge in [-0.2, -0.15) is 0 Å². The van der Waals surface area contributed by atoms with Gasteiger partial charge in [-0.05, 0) is 44.6 Å². The lowest BCUT2D eigenvalue weighted by Crippen LogP contribution is -2.25. The molecule has 3 heteroatoms. The van der Waals surface area contributed by atoms with Crippen LogP contribution in [0.3, 0.4) is 0 Å². The molecule has 20 heavy (non-hydrogen) atoms. The van der Waals surface area contributed by atoms with Crippen molar-refractivity contribution < 1.29 is 4.74 Å². The second-order valence-electron chi connectivity index (χ2n) is 6.37. The molecule has 0 radical (unpaired) electrons. The largest absolute Gasteiger partial charge is 0.491 e. The number of ether oxygens (including phenoxy) is 1. The van der Waals surface area contributed by atoms with Crippen LogP contribution in [0.25, 0.3) is 0 Å². The van der Waals surface area contributed by atoms with E-state index in [9.17, 15) is 0 Å². The molecule has 0 aliphatic heterocycles. The molecule has 0 saturated heterocycles. The van der Waals surface area contributed by atoms with E-state index >= 15 is 0 Å². The molecule has 0 spiro atoms. The lowest BCUT2D eigenvalue weighted by molar-refractivity contribution is 0.242. The number of benzene rings is 1. The van der Waals surface area contributed by atoms with Gasteiger partial charge in [0.25, 0.3) is 0 Å². The fraction of sp³-hybridized carbons (Fsp3) is 0.647. The summed E-state index contributed by atoms with van der Waals surface area (Å²) in [5, 5.41) is 3.57. The van der Waals surface area contributed by atoms with Gasteiger partial charge in [0.15, 0.2) is 0 Å². The first-order valence-corrected chi connectivity index (χ1v) is 7.84. The second-order valence-corrected chi connectivity index (χ2v) is 6.37. The van der Waals surface area contributed by atoms with Crippen LogP contribution in [-0.2, 0) is 0 Å². The summed E-state index contributed by atoms with van der Waals surface area (Å²) in [6, 6.07) is 5.93. The Bertz CT molecular complexity index is 437. The molecule has 1 aromatic carbocycles. The zero-order chi connectivity index (χ0) is 14.6. The van der Waals surface area contributed by atoms with E-state index in [4.69, 9.17) is 10.5 Å². The Labute approximate surface area is 122 Å². The van der Waals surface area contributed by atoms with Crippen molar-refractivity contribution in [3.05, 3.63) is 18.2 Å². The molecule has 1 aromatic rings. The third-order valence-electron chi connectivity index (χ3n) is 4.38. The first-order valence-electron chi connectivity index (χ1n) is 7.84. The van der Waals surface area contributed by atoms with E-state index in [2.05, 4.69) is 18.3 Å². The van der Waals surface area contributed by atoms with Gasteiger partial charge in [0.2, 0.25) is 0 Å². The summed E-state index contributed by atoms with van der Waals surface area (Å²) in [5.41, 5.74) is 8.26. The molecule has 1 aliphatic carbocycles. The van der Waals surface area contributed by atoms with Gasteiger partial charge in [0, 0.05) is 30.1 Å². The summed E-state index contributed by atoms with van der Waals surface area (Å²) >= 11 is 0. The van der Waals surface area contributed by atoms with Crippen molar-refractivity contribution in [2.45, 2.75) is 59.0 Å². The molecule has 0 amide bonds. The lowest BCUT2D eigenvalue weighted by Gasteiger charge is -2.28. The standard InChI is InChI=1S/C17H28N2O/c1-4-17(7-5-6-8-17)12-19-15-9-14(18)10-16(11-15)20-13(2)3/h9-11,13,19H,4-8,12,18H2,1-3H3. The van der Waals surface area contributed by atoms with Gasteiger partial charge in [-0.25, -0.2) is 0 Å². The van der Waals surface area contributed by atoms with E-state index in [1.165, 1.54) is 32.1 Å². The Kier molecular flexibility index (Phi) is 4.79. The van der Waals surface area contributed by atoms with Gasteiger partial charge in [-0.15, -0.1) is 0 Å². The minimum atomic E-state index is 0.168. The zero-order valence-electron chi connectivity index (χ0n) is 13.0. The molecule has 112 valence electrons. The topological polar surface area (TPSA) is 47.3 Å². The van der Waals surface area contributed by atoms with Gasteiger partial charge >= 0.3 is 0 Å². The average Bonchev–Trinajstić information content (AvgIpc) is 2.84. The molecule has 0 heterocycles. The Morgan fingerprint density at radius 1 is 1.25 bits per heavy atom. The Morgan fingerprint density at radius 2 is 1.95 bits per heavy atom. The molecule has 1 saturated carbocycles. The molecule has 0 atom stereocenters. The zero-order valence-corrected chi connectivity index (χ0v) is 13.0. The first kappa shape index (κ1) is 15.0. The molecule has 0 bridgehead atoms. The predicted octanol–water partition coefficient (Wildman–Crippen LogP) is 4.44. The van der Waals surface area contributed by atoms with Crippen LogP contribution in [0.5, 0.6) is 5.75 Å². The summed E-state index contributed by atoms with van der Waals surface area (Å²) < 4.78 is 5.74. The highest BCUT2D eigenvalue weighted by Crippen LogP contribution is 2.41. The third-order valence-corrected chi connectivity index (χ3v) is 4.38.